The van der Waals surface area contributed by atoms with E-state index in [4.69, 9.17) is 0 Å². The predicted molar refractivity (Wildman–Crippen MR) is 76.8 cm³/mol. The molecule has 2 N–H and O–H groups in total. The molecule has 3 heteroatoms. The highest BCUT2D eigenvalue weighted by molar-refractivity contribution is 5.82. The molecule has 108 valence electrons. The lowest BCUT2D eigenvalue weighted by atomic mass is 9.43. The van der Waals surface area contributed by atoms with Crippen LogP contribution in [0.5, 0.6) is 0 Å². The maximum atomic E-state index is 12.3. The summed E-state index contributed by atoms with van der Waals surface area (Å²) in [5.41, 5.74) is 1.01. The molecule has 4 aliphatic carbocycles. The first-order valence-electron chi connectivity index (χ1n) is 7.77. The zero-order valence-corrected chi connectivity index (χ0v) is 12.8. The van der Waals surface area contributed by atoms with E-state index in [1.807, 2.05) is 14.0 Å². The Hall–Kier alpha value is -0.570. The number of amides is 1. The first-order valence-corrected chi connectivity index (χ1v) is 7.77. The molecule has 0 aromatic heterocycles. The molecular weight excluding hydrogens is 236 g/mol. The lowest BCUT2D eigenvalue weighted by molar-refractivity contribution is -0.140. The van der Waals surface area contributed by atoms with Crippen molar-refractivity contribution in [2.24, 2.45) is 16.7 Å². The molecule has 0 aromatic carbocycles. The Labute approximate surface area is 116 Å². The lowest BCUT2D eigenvalue weighted by Crippen LogP contribution is -2.66. The zero-order valence-electron chi connectivity index (χ0n) is 12.8. The highest BCUT2D eigenvalue weighted by Gasteiger charge is 2.60. The van der Waals surface area contributed by atoms with Crippen LogP contribution in [-0.2, 0) is 4.79 Å². The van der Waals surface area contributed by atoms with Gasteiger partial charge >= 0.3 is 0 Å². The van der Waals surface area contributed by atoms with Gasteiger partial charge in [0.25, 0.3) is 0 Å². The van der Waals surface area contributed by atoms with E-state index in [1.165, 1.54) is 38.5 Å². The molecule has 19 heavy (non-hydrogen) atoms. The number of carbonyl (C=O) groups excluding carboxylic acids is 1. The topological polar surface area (TPSA) is 41.1 Å². The van der Waals surface area contributed by atoms with E-state index in [2.05, 4.69) is 24.5 Å². The van der Waals surface area contributed by atoms with Crippen LogP contribution in [0, 0.1) is 16.7 Å². The van der Waals surface area contributed by atoms with Gasteiger partial charge in [0.2, 0.25) is 5.91 Å². The van der Waals surface area contributed by atoms with Crippen LogP contribution < -0.4 is 10.6 Å². The van der Waals surface area contributed by atoms with Gasteiger partial charge in [0.15, 0.2) is 0 Å². The van der Waals surface area contributed by atoms with Crippen molar-refractivity contribution in [2.75, 3.05) is 7.05 Å². The molecule has 4 bridgehead atoms. The van der Waals surface area contributed by atoms with Crippen molar-refractivity contribution in [3.8, 4) is 0 Å². The molecule has 4 rings (SSSR count). The van der Waals surface area contributed by atoms with Gasteiger partial charge in [0.1, 0.15) is 0 Å². The van der Waals surface area contributed by atoms with Crippen LogP contribution in [0.3, 0.4) is 0 Å². The summed E-state index contributed by atoms with van der Waals surface area (Å²) in [4.78, 5) is 12.3. The summed E-state index contributed by atoms with van der Waals surface area (Å²) < 4.78 is 0. The molecule has 1 amide bonds. The van der Waals surface area contributed by atoms with Crippen molar-refractivity contribution in [3.05, 3.63) is 0 Å². The summed E-state index contributed by atoms with van der Waals surface area (Å²) in [6.07, 6.45) is 7.70. The van der Waals surface area contributed by atoms with Gasteiger partial charge in [-0.25, -0.2) is 0 Å². The highest BCUT2D eigenvalue weighted by Crippen LogP contribution is 2.66. The fourth-order valence-electron chi connectivity index (χ4n) is 6.09. The fourth-order valence-corrected chi connectivity index (χ4v) is 6.09. The predicted octanol–water partition coefficient (Wildman–Crippen LogP) is 2.46. The maximum Gasteiger partial charge on any atom is 0.237 e. The number of nitrogens with one attached hydrogen (secondary N) is 2. The second-order valence-electron chi connectivity index (χ2n) is 8.41. The standard InChI is InChI=1S/C16H28N2O/c1-11(17-4)13(19)18-16-7-12-5-14(2,9-16)8-15(3,6-12)10-16/h11-12,17H,5-10H2,1-4H3,(H,18,19). The molecule has 3 nitrogen and oxygen atoms in total. The molecule has 3 unspecified atom stereocenters. The minimum Gasteiger partial charge on any atom is -0.349 e. The molecule has 0 aliphatic heterocycles. The van der Waals surface area contributed by atoms with Crippen LogP contribution >= 0.6 is 0 Å². The second kappa shape index (κ2) is 3.97. The van der Waals surface area contributed by atoms with Gasteiger partial charge in [-0.1, -0.05) is 13.8 Å². The molecule has 4 aliphatic rings. The monoisotopic (exact) mass is 264 g/mol. The quantitative estimate of drug-likeness (QED) is 0.822. The van der Waals surface area contributed by atoms with Gasteiger partial charge in [0, 0.05) is 5.54 Å². The van der Waals surface area contributed by atoms with Crippen LogP contribution in [0.4, 0.5) is 0 Å². The smallest absolute Gasteiger partial charge is 0.237 e. The van der Waals surface area contributed by atoms with E-state index in [1.54, 1.807) is 0 Å². The van der Waals surface area contributed by atoms with E-state index in [0.717, 1.165) is 5.92 Å². The molecular formula is C16H28N2O. The van der Waals surface area contributed by atoms with Crippen LogP contribution in [0.25, 0.3) is 0 Å². The minimum absolute atomic E-state index is 0.0884. The molecule has 4 saturated carbocycles. The maximum absolute atomic E-state index is 12.3. The lowest BCUT2D eigenvalue weighted by Gasteiger charge is -2.65. The van der Waals surface area contributed by atoms with Crippen LogP contribution in [0.1, 0.15) is 59.3 Å². The summed E-state index contributed by atoms with van der Waals surface area (Å²) >= 11 is 0. The molecule has 0 heterocycles. The average Bonchev–Trinajstić information content (AvgIpc) is 2.21. The van der Waals surface area contributed by atoms with Gasteiger partial charge < -0.3 is 10.6 Å². The first kappa shape index (κ1) is 13.4. The molecule has 4 fully saturated rings. The van der Waals surface area contributed by atoms with E-state index in [-0.39, 0.29) is 17.5 Å². The first-order chi connectivity index (χ1) is 8.77. The molecule has 3 atom stereocenters. The molecule has 0 aromatic rings. The van der Waals surface area contributed by atoms with Crippen molar-refractivity contribution < 1.29 is 4.79 Å². The molecule has 0 saturated heterocycles. The van der Waals surface area contributed by atoms with E-state index in [0.29, 0.717) is 10.8 Å². The van der Waals surface area contributed by atoms with Gasteiger partial charge in [-0.3, -0.25) is 4.79 Å². The van der Waals surface area contributed by atoms with Gasteiger partial charge in [0.05, 0.1) is 6.04 Å². The van der Waals surface area contributed by atoms with Crippen LogP contribution in [0.15, 0.2) is 0 Å². The number of carbonyl (C=O) groups is 1. The van der Waals surface area contributed by atoms with Gasteiger partial charge in [-0.2, -0.15) is 0 Å². The number of likely N-dealkylation sites (N-methyl/N-ethyl adjacent to an activating group) is 1. The molecule has 0 spiro atoms. The normalized spacial score (nSPS) is 49.2. The molecule has 0 radical (unpaired) electrons. The minimum atomic E-state index is -0.0892. The summed E-state index contributed by atoms with van der Waals surface area (Å²) in [7, 11) is 1.85. The fraction of sp³-hybridized carbons (Fsp3) is 0.938. The van der Waals surface area contributed by atoms with Crippen molar-refractivity contribution >= 4 is 5.91 Å². The summed E-state index contributed by atoms with van der Waals surface area (Å²) in [6, 6.07) is -0.0892. The van der Waals surface area contributed by atoms with E-state index >= 15 is 0 Å². The SMILES string of the molecule is CNC(C)C(=O)NC12CC3CC(C)(CC(C)(C3)C1)C2. The van der Waals surface area contributed by atoms with Gasteiger partial charge in [-0.05, 0) is 69.2 Å². The third-order valence-corrected chi connectivity index (χ3v) is 5.84. The van der Waals surface area contributed by atoms with Crippen molar-refractivity contribution in [1.82, 2.24) is 10.6 Å². The average molecular weight is 264 g/mol. The Balaban J connectivity index is 1.83. The largest absolute Gasteiger partial charge is 0.349 e. The summed E-state index contributed by atoms with van der Waals surface area (Å²) in [6.45, 7) is 6.83. The summed E-state index contributed by atoms with van der Waals surface area (Å²) in [5, 5.41) is 6.48. The van der Waals surface area contributed by atoms with Crippen molar-refractivity contribution in [3.63, 3.8) is 0 Å². The van der Waals surface area contributed by atoms with E-state index < -0.39 is 0 Å². The zero-order chi connectivity index (χ0) is 13.9. The number of hydrogen-bond donors (Lipinski definition) is 2. The number of hydrogen-bond acceptors (Lipinski definition) is 2. The van der Waals surface area contributed by atoms with Crippen LogP contribution in [0.2, 0.25) is 0 Å². The number of rotatable bonds is 3. The van der Waals surface area contributed by atoms with Crippen molar-refractivity contribution in [1.29, 1.82) is 0 Å². The third-order valence-electron chi connectivity index (χ3n) is 5.84. The van der Waals surface area contributed by atoms with E-state index in [9.17, 15) is 4.79 Å². The summed E-state index contributed by atoms with van der Waals surface area (Å²) in [5.74, 6) is 1.01. The Morgan fingerprint density at radius 2 is 1.68 bits per heavy atom. The Morgan fingerprint density at radius 3 is 2.16 bits per heavy atom. The second-order valence-corrected chi connectivity index (χ2v) is 8.41. The Kier molecular flexibility index (Phi) is 2.80. The van der Waals surface area contributed by atoms with Crippen LogP contribution in [-0.4, -0.2) is 24.5 Å². The highest BCUT2D eigenvalue weighted by atomic mass is 16.2. The van der Waals surface area contributed by atoms with Crippen molar-refractivity contribution in [2.45, 2.75) is 70.9 Å². The third kappa shape index (κ3) is 2.20. The van der Waals surface area contributed by atoms with Gasteiger partial charge in [-0.15, -0.1) is 0 Å². The Morgan fingerprint density at radius 1 is 1.11 bits per heavy atom. The Bertz CT molecular complexity index is 388.